The Morgan fingerprint density at radius 3 is 2.55 bits per heavy atom. The van der Waals surface area contributed by atoms with E-state index in [1.54, 1.807) is 17.4 Å². The third-order valence-electron chi connectivity index (χ3n) is 4.96. The van der Waals surface area contributed by atoms with Crippen LogP contribution in [0.4, 0.5) is 5.13 Å². The third kappa shape index (κ3) is 4.49. The molecule has 4 nitrogen and oxygen atoms in total. The van der Waals surface area contributed by atoms with Crippen LogP contribution in [-0.4, -0.2) is 31.7 Å². The summed E-state index contributed by atoms with van der Waals surface area (Å²) >= 11 is 17.1. The molecule has 0 atom stereocenters. The summed E-state index contributed by atoms with van der Waals surface area (Å²) in [5.74, 6) is 0. The van der Waals surface area contributed by atoms with Crippen LogP contribution < -0.4 is 4.90 Å². The Hall–Kier alpha value is -1.12. The van der Waals surface area contributed by atoms with Gasteiger partial charge in [0.1, 0.15) is 0 Å². The summed E-state index contributed by atoms with van der Waals surface area (Å²) in [4.78, 5) is 7.07. The summed E-state index contributed by atoms with van der Waals surface area (Å²) in [7, 11) is -3.50. The molecule has 9 heteroatoms. The second-order valence-electron chi connectivity index (χ2n) is 6.83. The molecule has 4 rings (SSSR count). The van der Waals surface area contributed by atoms with Crippen molar-refractivity contribution in [1.29, 1.82) is 0 Å². The van der Waals surface area contributed by atoms with Crippen molar-refractivity contribution in [2.75, 3.05) is 18.0 Å². The molecule has 0 unspecified atom stereocenters. The maximum atomic E-state index is 13.0. The highest BCUT2D eigenvalue weighted by atomic mass is 79.9. The zero-order valence-corrected chi connectivity index (χ0v) is 19.9. The van der Waals surface area contributed by atoms with Gasteiger partial charge in [-0.05, 0) is 43.2 Å². The zero-order chi connectivity index (χ0) is 20.6. The van der Waals surface area contributed by atoms with E-state index in [9.17, 15) is 8.42 Å². The van der Waals surface area contributed by atoms with Crippen molar-refractivity contribution in [2.45, 2.75) is 23.0 Å². The molecule has 0 saturated carbocycles. The highest BCUT2D eigenvalue weighted by molar-refractivity contribution is 9.10. The van der Waals surface area contributed by atoms with Gasteiger partial charge in [0.05, 0.1) is 20.9 Å². The largest absolute Gasteiger partial charge is 0.348 e. The molecule has 1 aliphatic rings. The Morgan fingerprint density at radius 2 is 1.86 bits per heavy atom. The second kappa shape index (κ2) is 8.55. The van der Waals surface area contributed by atoms with Crippen molar-refractivity contribution < 1.29 is 8.42 Å². The van der Waals surface area contributed by atoms with Crippen molar-refractivity contribution in [3.05, 3.63) is 62.4 Å². The lowest BCUT2D eigenvalue weighted by atomic mass is 10.1. The lowest BCUT2D eigenvalue weighted by molar-refractivity contribution is 0.529. The SMILES string of the molecule is O=S(=O)(c1ccc(Cl)cc1Cl)C1CCN(c2nc(-c3cccc(Br)c3)cs2)CC1. The first-order chi connectivity index (χ1) is 13.8. The lowest BCUT2D eigenvalue weighted by Crippen LogP contribution is -2.39. The van der Waals surface area contributed by atoms with Gasteiger partial charge in [-0.1, -0.05) is 51.3 Å². The fraction of sp³-hybridized carbons (Fsp3) is 0.250. The van der Waals surface area contributed by atoms with Crippen molar-refractivity contribution in [3.63, 3.8) is 0 Å². The van der Waals surface area contributed by atoms with E-state index in [1.807, 2.05) is 29.6 Å². The van der Waals surface area contributed by atoms with Gasteiger partial charge in [-0.25, -0.2) is 13.4 Å². The van der Waals surface area contributed by atoms with E-state index in [1.165, 1.54) is 12.1 Å². The second-order valence-corrected chi connectivity index (χ2v) is 11.6. The van der Waals surface area contributed by atoms with Gasteiger partial charge in [0.25, 0.3) is 0 Å². The van der Waals surface area contributed by atoms with Crippen molar-refractivity contribution in [1.82, 2.24) is 4.98 Å². The Bertz CT molecular complexity index is 1140. The standard InChI is InChI=1S/C20H17BrCl2N2O2S2/c21-14-3-1-2-13(10-14)18-12-28-20(24-18)25-8-6-16(7-9-25)29(26,27)19-5-4-15(22)11-17(19)23/h1-5,10-12,16H,6-9H2. The molecule has 1 aromatic heterocycles. The summed E-state index contributed by atoms with van der Waals surface area (Å²) < 4.78 is 27.1. The number of rotatable bonds is 4. The third-order valence-corrected chi connectivity index (χ3v) is 9.34. The molecule has 152 valence electrons. The summed E-state index contributed by atoms with van der Waals surface area (Å²) in [6.45, 7) is 1.28. The predicted molar refractivity (Wildman–Crippen MR) is 124 cm³/mol. The molecule has 2 heterocycles. The van der Waals surface area contributed by atoms with Crippen LogP contribution in [0.5, 0.6) is 0 Å². The van der Waals surface area contributed by atoms with Crippen molar-refractivity contribution in [3.8, 4) is 11.3 Å². The molecular weight excluding hydrogens is 515 g/mol. The predicted octanol–water partition coefficient (Wildman–Crippen LogP) is 6.32. The van der Waals surface area contributed by atoms with Gasteiger partial charge in [0.2, 0.25) is 0 Å². The number of halogens is 3. The molecule has 0 amide bonds. The molecule has 2 aromatic carbocycles. The van der Waals surface area contributed by atoms with Gasteiger partial charge < -0.3 is 4.90 Å². The van der Waals surface area contributed by atoms with Crippen LogP contribution in [-0.2, 0) is 9.84 Å². The van der Waals surface area contributed by atoms with E-state index in [-0.39, 0.29) is 9.92 Å². The number of benzene rings is 2. The number of thiazole rings is 1. The summed E-state index contributed by atoms with van der Waals surface area (Å²) in [6.07, 6.45) is 1.07. The van der Waals surface area contributed by atoms with E-state index < -0.39 is 15.1 Å². The monoisotopic (exact) mass is 530 g/mol. The maximum absolute atomic E-state index is 13.0. The van der Waals surface area contributed by atoms with Gasteiger partial charge >= 0.3 is 0 Å². The number of anilines is 1. The Labute approximate surface area is 192 Å². The average Bonchev–Trinajstić information content (AvgIpc) is 3.18. The molecule has 1 aliphatic heterocycles. The summed E-state index contributed by atoms with van der Waals surface area (Å²) in [5.41, 5.74) is 1.98. The van der Waals surface area contributed by atoms with E-state index >= 15 is 0 Å². The summed E-state index contributed by atoms with van der Waals surface area (Å²) in [6, 6.07) is 12.6. The number of piperidine rings is 1. The Kier molecular flexibility index (Phi) is 6.23. The van der Waals surface area contributed by atoms with Gasteiger partial charge in [0.15, 0.2) is 15.0 Å². The van der Waals surface area contributed by atoms with Crippen LogP contribution in [0.2, 0.25) is 10.0 Å². The van der Waals surface area contributed by atoms with Crippen molar-refractivity contribution >= 4 is 65.4 Å². The topological polar surface area (TPSA) is 50.3 Å². The van der Waals surface area contributed by atoms with Gasteiger partial charge in [-0.15, -0.1) is 11.3 Å². The smallest absolute Gasteiger partial charge is 0.185 e. The van der Waals surface area contributed by atoms with Gasteiger partial charge in [-0.3, -0.25) is 0 Å². The molecule has 0 spiro atoms. The lowest BCUT2D eigenvalue weighted by Gasteiger charge is -2.31. The average molecular weight is 532 g/mol. The van der Waals surface area contributed by atoms with Crippen molar-refractivity contribution in [2.24, 2.45) is 0 Å². The molecule has 1 saturated heterocycles. The van der Waals surface area contributed by atoms with E-state index in [4.69, 9.17) is 28.2 Å². The molecule has 29 heavy (non-hydrogen) atoms. The molecule has 3 aromatic rings. The summed E-state index contributed by atoms with van der Waals surface area (Å²) in [5, 5.41) is 3.10. The van der Waals surface area contributed by atoms with Crippen LogP contribution in [0, 0.1) is 0 Å². The molecular formula is C20H17BrCl2N2O2S2. The molecule has 0 bridgehead atoms. The first-order valence-electron chi connectivity index (χ1n) is 9.00. The van der Waals surface area contributed by atoms with Crippen LogP contribution in [0.25, 0.3) is 11.3 Å². The minimum absolute atomic E-state index is 0.160. The number of aromatic nitrogens is 1. The number of hydrogen-bond acceptors (Lipinski definition) is 5. The Balaban J connectivity index is 1.47. The zero-order valence-electron chi connectivity index (χ0n) is 15.2. The van der Waals surface area contributed by atoms with E-state index in [0.29, 0.717) is 31.0 Å². The molecule has 0 N–H and O–H groups in total. The quantitative estimate of drug-likeness (QED) is 0.395. The van der Waals surface area contributed by atoms with Crippen LogP contribution >= 0.6 is 50.5 Å². The number of nitrogens with zero attached hydrogens (tertiary/aromatic N) is 2. The molecule has 0 radical (unpaired) electrons. The highest BCUT2D eigenvalue weighted by Gasteiger charge is 2.33. The van der Waals surface area contributed by atoms with Crippen LogP contribution in [0.15, 0.2) is 57.2 Å². The fourth-order valence-electron chi connectivity index (χ4n) is 3.43. The normalized spacial score (nSPS) is 15.6. The van der Waals surface area contributed by atoms with Gasteiger partial charge in [0, 0.05) is 33.5 Å². The minimum Gasteiger partial charge on any atom is -0.348 e. The maximum Gasteiger partial charge on any atom is 0.185 e. The molecule has 1 fully saturated rings. The minimum atomic E-state index is -3.50. The van der Waals surface area contributed by atoms with Crippen LogP contribution in [0.3, 0.4) is 0 Å². The first-order valence-corrected chi connectivity index (χ1v) is 13.0. The molecule has 0 aliphatic carbocycles. The van der Waals surface area contributed by atoms with Gasteiger partial charge in [-0.2, -0.15) is 0 Å². The first kappa shape index (κ1) is 21.1. The number of sulfone groups is 1. The fourth-order valence-corrected chi connectivity index (χ4v) is 7.23. The van der Waals surface area contributed by atoms with Crippen LogP contribution in [0.1, 0.15) is 12.8 Å². The van der Waals surface area contributed by atoms with E-state index in [0.717, 1.165) is 20.9 Å². The Morgan fingerprint density at radius 1 is 1.10 bits per heavy atom. The number of hydrogen-bond donors (Lipinski definition) is 0. The van der Waals surface area contributed by atoms with E-state index in [2.05, 4.69) is 20.8 Å². The highest BCUT2D eigenvalue weighted by Crippen LogP contribution is 2.34.